The Labute approximate surface area is 173 Å². The summed E-state index contributed by atoms with van der Waals surface area (Å²) < 4.78 is 101. The zero-order valence-electron chi connectivity index (χ0n) is 15.4. The second-order valence-corrected chi connectivity index (χ2v) is 7.43. The topological polar surface area (TPSA) is 113 Å². The second-order valence-electron chi connectivity index (χ2n) is 6.90. The fourth-order valence-electron chi connectivity index (χ4n) is 3.29. The summed E-state index contributed by atoms with van der Waals surface area (Å²) in [6.07, 6.45) is -4.50. The van der Waals surface area contributed by atoms with Crippen molar-refractivity contribution in [2.45, 2.75) is 36.8 Å². The van der Waals surface area contributed by atoms with Gasteiger partial charge in [0.05, 0.1) is 11.7 Å². The van der Waals surface area contributed by atoms with Crippen molar-refractivity contribution >= 4 is 23.7 Å². The first-order valence-corrected chi connectivity index (χ1v) is 9.36. The van der Waals surface area contributed by atoms with E-state index >= 15 is 0 Å². The highest BCUT2D eigenvalue weighted by Crippen LogP contribution is 2.47. The average Bonchev–Trinajstić information content (AvgIpc) is 3.23. The molecule has 0 aromatic carbocycles. The van der Waals surface area contributed by atoms with Gasteiger partial charge in [-0.3, -0.25) is 0 Å². The Morgan fingerprint density at radius 1 is 1.06 bits per heavy atom. The van der Waals surface area contributed by atoms with Crippen molar-refractivity contribution in [3.8, 4) is 5.88 Å². The van der Waals surface area contributed by atoms with Crippen LogP contribution in [0.15, 0.2) is 0 Å². The maximum absolute atomic E-state index is 13.4. The number of aromatic nitrogens is 2. The highest BCUT2D eigenvalue weighted by atomic mass is 32.1. The second kappa shape index (κ2) is 9.10. The Bertz CT molecular complexity index is 792. The van der Waals surface area contributed by atoms with Crippen molar-refractivity contribution < 1.29 is 55.3 Å². The SMILES string of the molecule is FC(F)(F)C(F)(F)C(F)(F)COc1nsnc1C1CN2CCCC1C2.O=C(O)C(=O)O. The van der Waals surface area contributed by atoms with Gasteiger partial charge < -0.3 is 19.8 Å². The Hall–Kier alpha value is -2.23. The Morgan fingerprint density at radius 2 is 1.68 bits per heavy atom. The first-order valence-electron chi connectivity index (χ1n) is 8.63. The smallest absolute Gasteiger partial charge is 0.460 e. The van der Waals surface area contributed by atoms with E-state index in [2.05, 4.69) is 18.4 Å². The number of carboxylic acid groups (broad SMARTS) is 2. The third-order valence-electron chi connectivity index (χ3n) is 4.79. The van der Waals surface area contributed by atoms with E-state index in [-0.39, 0.29) is 23.4 Å². The number of piperidine rings is 1. The van der Waals surface area contributed by atoms with Crippen LogP contribution in [-0.2, 0) is 9.59 Å². The van der Waals surface area contributed by atoms with E-state index in [9.17, 15) is 30.7 Å². The number of carbonyl (C=O) groups is 2. The largest absolute Gasteiger partial charge is 0.473 e. The third-order valence-corrected chi connectivity index (χ3v) is 5.31. The summed E-state index contributed by atoms with van der Waals surface area (Å²) in [6, 6.07) is 0. The molecule has 16 heteroatoms. The molecule has 0 spiro atoms. The molecule has 0 radical (unpaired) electrons. The van der Waals surface area contributed by atoms with E-state index in [0.717, 1.165) is 25.9 Å². The molecule has 0 saturated carbocycles. The number of hydrogen-bond donors (Lipinski definition) is 2. The number of fused-ring (bicyclic) bond motifs is 2. The van der Waals surface area contributed by atoms with Crippen LogP contribution < -0.4 is 4.74 Å². The zero-order chi connectivity index (χ0) is 23.6. The minimum absolute atomic E-state index is 0.145. The van der Waals surface area contributed by atoms with Crippen molar-refractivity contribution in [1.82, 2.24) is 13.6 Å². The van der Waals surface area contributed by atoms with Crippen molar-refractivity contribution in [2.24, 2.45) is 5.92 Å². The number of alkyl halides is 7. The molecule has 0 amide bonds. The Balaban J connectivity index is 0.000000501. The summed E-state index contributed by atoms with van der Waals surface area (Å²) in [7, 11) is 0. The highest BCUT2D eigenvalue weighted by molar-refractivity contribution is 6.99. The molecule has 176 valence electrons. The Kier molecular flexibility index (Phi) is 7.35. The van der Waals surface area contributed by atoms with E-state index in [1.54, 1.807) is 0 Å². The number of nitrogens with zero attached hydrogens (tertiary/aromatic N) is 3. The molecule has 0 aliphatic carbocycles. The standard InChI is InChI=1S/C13H14F7N3OS.C2H2O4/c14-11(15,12(16,17)13(18,19)20)6-24-10-9(21-25-22-10)8-5-23-3-1-2-7(8)4-23;3-1(4)2(5)6/h7-8H,1-6H2;(H,3,4)(H,5,6). The molecule has 3 atom stereocenters. The number of rotatable bonds is 5. The lowest BCUT2D eigenvalue weighted by atomic mass is 9.89. The fourth-order valence-corrected chi connectivity index (χ4v) is 3.86. The van der Waals surface area contributed by atoms with Gasteiger partial charge in [-0.2, -0.15) is 35.1 Å². The average molecular weight is 483 g/mol. The highest BCUT2D eigenvalue weighted by Gasteiger charge is 2.73. The summed E-state index contributed by atoms with van der Waals surface area (Å²) in [6.45, 7) is 0.196. The summed E-state index contributed by atoms with van der Waals surface area (Å²) in [4.78, 5) is 20.4. The molecule has 2 bridgehead atoms. The molecule has 2 aliphatic rings. The summed E-state index contributed by atoms with van der Waals surface area (Å²) >= 11 is 0.653. The lowest BCUT2D eigenvalue weighted by Gasteiger charge is -2.27. The molecule has 2 fully saturated rings. The number of hydrogen-bond acceptors (Lipinski definition) is 7. The van der Waals surface area contributed by atoms with Crippen LogP contribution in [0, 0.1) is 5.92 Å². The number of ether oxygens (including phenoxy) is 1. The minimum Gasteiger partial charge on any atom is -0.473 e. The van der Waals surface area contributed by atoms with Gasteiger partial charge in [-0.15, -0.1) is 4.37 Å². The van der Waals surface area contributed by atoms with Crippen LogP contribution in [0.1, 0.15) is 24.5 Å². The molecule has 2 aliphatic heterocycles. The number of aliphatic carboxylic acids is 2. The minimum atomic E-state index is -6.38. The third kappa shape index (κ3) is 5.53. The van der Waals surface area contributed by atoms with Gasteiger partial charge in [0.25, 0.3) is 0 Å². The normalized spacial score (nSPS) is 23.6. The molecule has 31 heavy (non-hydrogen) atoms. The van der Waals surface area contributed by atoms with Crippen LogP contribution >= 0.6 is 11.7 Å². The lowest BCUT2D eigenvalue weighted by Crippen LogP contribution is -2.54. The first-order chi connectivity index (χ1) is 14.2. The maximum Gasteiger partial charge on any atom is 0.460 e. The van der Waals surface area contributed by atoms with Crippen molar-refractivity contribution in [3.05, 3.63) is 5.69 Å². The van der Waals surface area contributed by atoms with Gasteiger partial charge in [0.2, 0.25) is 5.88 Å². The molecule has 3 heterocycles. The van der Waals surface area contributed by atoms with Crippen molar-refractivity contribution in [3.63, 3.8) is 0 Å². The summed E-state index contributed by atoms with van der Waals surface area (Å²) in [5.41, 5.74) is 0.255. The van der Waals surface area contributed by atoms with E-state index < -0.39 is 36.6 Å². The molecule has 1 aromatic rings. The molecule has 2 N–H and O–H groups in total. The number of halogens is 7. The predicted molar refractivity (Wildman–Crippen MR) is 88.5 cm³/mol. The zero-order valence-corrected chi connectivity index (χ0v) is 16.2. The van der Waals surface area contributed by atoms with E-state index in [4.69, 9.17) is 19.8 Å². The monoisotopic (exact) mass is 483 g/mol. The van der Waals surface area contributed by atoms with Crippen LogP contribution in [0.5, 0.6) is 5.88 Å². The predicted octanol–water partition coefficient (Wildman–Crippen LogP) is 2.71. The lowest BCUT2D eigenvalue weighted by molar-refractivity contribution is -0.358. The molecule has 2 saturated heterocycles. The molecule has 1 aromatic heterocycles. The van der Waals surface area contributed by atoms with E-state index in [1.165, 1.54) is 0 Å². The van der Waals surface area contributed by atoms with Crippen LogP contribution in [0.4, 0.5) is 30.7 Å². The van der Waals surface area contributed by atoms with Gasteiger partial charge in [0.1, 0.15) is 5.69 Å². The molecular weight excluding hydrogens is 467 g/mol. The fraction of sp³-hybridized carbons (Fsp3) is 0.733. The molecular formula is C15H16F7N3O5S. The summed E-state index contributed by atoms with van der Waals surface area (Å²) in [5.74, 6) is -15.6. The maximum atomic E-state index is 13.4. The Morgan fingerprint density at radius 3 is 2.19 bits per heavy atom. The molecule has 8 nitrogen and oxygen atoms in total. The van der Waals surface area contributed by atoms with Crippen LogP contribution in [0.2, 0.25) is 0 Å². The van der Waals surface area contributed by atoms with Gasteiger partial charge in [-0.25, -0.2) is 9.59 Å². The van der Waals surface area contributed by atoms with Crippen LogP contribution in [0.3, 0.4) is 0 Å². The summed E-state index contributed by atoms with van der Waals surface area (Å²) in [5, 5.41) is 14.8. The van der Waals surface area contributed by atoms with Gasteiger partial charge in [-0.1, -0.05) is 0 Å². The van der Waals surface area contributed by atoms with Gasteiger partial charge in [0, 0.05) is 19.0 Å². The van der Waals surface area contributed by atoms with Crippen molar-refractivity contribution in [2.75, 3.05) is 26.2 Å². The first kappa shape index (κ1) is 25.0. The number of carboxylic acids is 2. The van der Waals surface area contributed by atoms with E-state index in [1.807, 2.05) is 0 Å². The molecule has 3 rings (SSSR count). The van der Waals surface area contributed by atoms with Crippen molar-refractivity contribution in [1.29, 1.82) is 0 Å². The quantitative estimate of drug-likeness (QED) is 0.486. The van der Waals surface area contributed by atoms with E-state index in [0.29, 0.717) is 18.3 Å². The van der Waals surface area contributed by atoms with Crippen LogP contribution in [0.25, 0.3) is 0 Å². The molecule has 3 unspecified atom stereocenters. The van der Waals surface area contributed by atoms with Gasteiger partial charge in [0.15, 0.2) is 6.61 Å². The van der Waals surface area contributed by atoms with Crippen LogP contribution in [-0.4, -0.2) is 80.1 Å². The van der Waals surface area contributed by atoms with Gasteiger partial charge >= 0.3 is 30.0 Å². The van der Waals surface area contributed by atoms with Gasteiger partial charge in [-0.05, 0) is 25.3 Å².